The van der Waals surface area contributed by atoms with Crippen molar-refractivity contribution < 1.29 is 18.4 Å². The minimum absolute atomic E-state index is 0.127. The lowest BCUT2D eigenvalue weighted by atomic mass is 9.80. The zero-order chi connectivity index (χ0) is 32.9. The van der Waals surface area contributed by atoms with Crippen molar-refractivity contribution in [3.05, 3.63) is 64.7 Å². The number of carbonyl (C=O) groups excluding carboxylic acids is 2. The average Bonchev–Trinajstić information content (AvgIpc) is 3.50. The van der Waals surface area contributed by atoms with Crippen LogP contribution in [0.25, 0.3) is 0 Å². The highest BCUT2D eigenvalue weighted by Crippen LogP contribution is 2.42. The van der Waals surface area contributed by atoms with E-state index >= 15 is 0 Å². The highest BCUT2D eigenvalue weighted by atomic mass is 32.2. The van der Waals surface area contributed by atoms with Crippen molar-refractivity contribution in [2.75, 3.05) is 48.3 Å². The molecule has 1 saturated carbocycles. The summed E-state index contributed by atoms with van der Waals surface area (Å²) in [4.78, 5) is 34.0. The van der Waals surface area contributed by atoms with Crippen LogP contribution in [0.5, 0.6) is 0 Å². The fraction of sp³-hybridized carbons (Fsp3) is 0.500. The predicted molar refractivity (Wildman–Crippen MR) is 186 cm³/mol. The van der Waals surface area contributed by atoms with Crippen molar-refractivity contribution in [1.29, 1.82) is 0 Å². The molecule has 2 saturated heterocycles. The van der Waals surface area contributed by atoms with Gasteiger partial charge in [0.2, 0.25) is 16.9 Å². The maximum atomic E-state index is 13.3. The predicted octanol–water partition coefficient (Wildman–Crippen LogP) is 5.78. The van der Waals surface area contributed by atoms with E-state index in [1.807, 2.05) is 58.3 Å². The van der Waals surface area contributed by atoms with Gasteiger partial charge in [-0.05, 0) is 60.6 Å². The Labute approximate surface area is 282 Å². The Morgan fingerprint density at radius 3 is 2.17 bits per heavy atom. The number of nitrogens with one attached hydrogen (secondary N) is 2. The van der Waals surface area contributed by atoms with Crippen LogP contribution in [-0.4, -0.2) is 78.0 Å². The summed E-state index contributed by atoms with van der Waals surface area (Å²) in [6.07, 6.45) is 3.00. The van der Waals surface area contributed by atoms with E-state index in [4.69, 9.17) is 0 Å². The van der Waals surface area contributed by atoms with Gasteiger partial charge in [-0.25, -0.2) is 8.78 Å². The standard InChI is InChI=1S/C34H41F2N7O2S2/c1-21(46-33(37-2)38-30(44)14-22-6-3-10-28(12-22)42-17-26(35)18-42)24-8-5-9-25(16-24)32-40-41-34(47-32)39-31(45)15-23-7-4-11-29(13-23)43-19-27(36)20-43/h3-4,6-7,10-13,21,24-27H,5,8-9,14-20H2,1-2H3,(H,37,38,44)(H,39,41,45)/t21?,24-,25-/m0/s1. The highest BCUT2D eigenvalue weighted by Gasteiger charge is 2.31. The molecular formula is C34H41F2N7O2S2. The molecule has 2 N–H and O–H groups in total. The second kappa shape index (κ2) is 15.1. The molecule has 1 unspecified atom stereocenters. The second-order valence-corrected chi connectivity index (χ2v) is 15.1. The summed E-state index contributed by atoms with van der Waals surface area (Å²) in [6.45, 7) is 3.77. The smallest absolute Gasteiger partial charge is 0.230 e. The number of aliphatic imine (C=N–C) groups is 1. The van der Waals surface area contributed by atoms with Crippen molar-refractivity contribution in [3.8, 4) is 0 Å². The zero-order valence-corrected chi connectivity index (χ0v) is 28.3. The van der Waals surface area contributed by atoms with E-state index < -0.39 is 12.3 Å². The first-order valence-corrected chi connectivity index (χ1v) is 17.9. The number of halogens is 2. The number of hydrogen-bond donors (Lipinski definition) is 2. The number of nitrogens with zero attached hydrogens (tertiary/aromatic N) is 5. The topological polar surface area (TPSA) is 103 Å². The average molecular weight is 682 g/mol. The number of amidine groups is 1. The maximum absolute atomic E-state index is 13.3. The van der Waals surface area contributed by atoms with Gasteiger partial charge in [0.1, 0.15) is 17.4 Å². The molecular weight excluding hydrogens is 641 g/mol. The molecule has 6 rings (SSSR count). The molecule has 47 heavy (non-hydrogen) atoms. The van der Waals surface area contributed by atoms with E-state index in [0.29, 0.717) is 42.4 Å². The van der Waals surface area contributed by atoms with Crippen molar-refractivity contribution >= 4 is 56.6 Å². The number of benzene rings is 2. The van der Waals surface area contributed by atoms with Gasteiger partial charge in [0, 0.05) is 29.6 Å². The van der Waals surface area contributed by atoms with E-state index in [0.717, 1.165) is 53.2 Å². The Bertz CT molecular complexity index is 1590. The van der Waals surface area contributed by atoms with E-state index in [2.05, 4.69) is 32.7 Å². The first kappa shape index (κ1) is 33.3. The van der Waals surface area contributed by atoms with E-state index in [9.17, 15) is 18.4 Å². The van der Waals surface area contributed by atoms with Crippen molar-refractivity contribution in [2.24, 2.45) is 10.9 Å². The van der Waals surface area contributed by atoms with E-state index in [-0.39, 0.29) is 35.8 Å². The molecule has 3 aliphatic rings. The molecule has 2 aliphatic heterocycles. The first-order valence-electron chi connectivity index (χ1n) is 16.2. The molecule has 1 aromatic heterocycles. The largest absolute Gasteiger partial charge is 0.366 e. The van der Waals surface area contributed by atoms with Gasteiger partial charge in [0.25, 0.3) is 0 Å². The molecule has 3 heterocycles. The van der Waals surface area contributed by atoms with Crippen LogP contribution in [0.15, 0.2) is 53.5 Å². The van der Waals surface area contributed by atoms with Crippen LogP contribution in [0.2, 0.25) is 0 Å². The number of rotatable bonds is 10. The van der Waals surface area contributed by atoms with Crippen LogP contribution in [0, 0.1) is 5.92 Å². The van der Waals surface area contributed by atoms with Crippen molar-refractivity contribution in [3.63, 3.8) is 0 Å². The van der Waals surface area contributed by atoms with Gasteiger partial charge in [0.05, 0.1) is 39.0 Å². The lowest BCUT2D eigenvalue weighted by Gasteiger charge is -2.36. The number of aromatic nitrogens is 2. The molecule has 9 nitrogen and oxygen atoms in total. The SMILES string of the molecule is CN=C(NC(=O)Cc1cccc(N2CC(F)C2)c1)SC(C)[C@H]1CCC[C@H](c2nnc(NC(=O)Cc3cccc(N4CC(F)C4)c3)s2)C1. The Balaban J connectivity index is 0.969. The number of thioether (sulfide) groups is 1. The quantitative estimate of drug-likeness (QED) is 0.207. The molecule has 2 amide bonds. The Kier molecular flexibility index (Phi) is 10.7. The first-order chi connectivity index (χ1) is 22.7. The number of anilines is 3. The molecule has 1 aliphatic carbocycles. The maximum Gasteiger partial charge on any atom is 0.230 e. The van der Waals surface area contributed by atoms with Crippen molar-refractivity contribution in [2.45, 2.75) is 69.0 Å². The number of carbonyl (C=O) groups is 2. The van der Waals surface area contributed by atoms with Gasteiger partial charge in [-0.2, -0.15) is 0 Å². The number of alkyl halides is 2. The fourth-order valence-electron chi connectivity index (χ4n) is 6.43. The Hall–Kier alpha value is -3.58. The third-order valence-electron chi connectivity index (χ3n) is 9.12. The van der Waals surface area contributed by atoms with Crippen LogP contribution < -0.4 is 20.4 Å². The molecule has 3 atom stereocenters. The fourth-order valence-corrected chi connectivity index (χ4v) is 8.41. The van der Waals surface area contributed by atoms with Gasteiger partial charge in [0.15, 0.2) is 5.17 Å². The summed E-state index contributed by atoms with van der Waals surface area (Å²) in [5.74, 6) is 0.387. The molecule has 3 fully saturated rings. The van der Waals surface area contributed by atoms with Gasteiger partial charge >= 0.3 is 0 Å². The number of hydrogen-bond acceptors (Lipinski definition) is 9. The summed E-state index contributed by atoms with van der Waals surface area (Å²) in [7, 11) is 1.69. The van der Waals surface area contributed by atoms with Gasteiger partial charge in [-0.1, -0.05) is 60.7 Å². The van der Waals surface area contributed by atoms with Crippen LogP contribution in [0.3, 0.4) is 0 Å². The Morgan fingerprint density at radius 2 is 1.57 bits per heavy atom. The van der Waals surface area contributed by atoms with Crippen LogP contribution >= 0.6 is 23.1 Å². The van der Waals surface area contributed by atoms with Gasteiger partial charge in [-0.15, -0.1) is 10.2 Å². The summed E-state index contributed by atoms with van der Waals surface area (Å²) in [5.41, 5.74) is 3.63. The molecule has 250 valence electrons. The Morgan fingerprint density at radius 1 is 0.957 bits per heavy atom. The minimum atomic E-state index is -0.782. The van der Waals surface area contributed by atoms with Crippen molar-refractivity contribution in [1.82, 2.24) is 15.5 Å². The molecule has 0 radical (unpaired) electrons. The van der Waals surface area contributed by atoms with E-state index in [1.165, 1.54) is 11.3 Å². The molecule has 2 aromatic carbocycles. The molecule has 0 spiro atoms. The summed E-state index contributed by atoms with van der Waals surface area (Å²) in [6, 6.07) is 15.4. The third-order valence-corrected chi connectivity index (χ3v) is 11.4. The second-order valence-electron chi connectivity index (χ2n) is 12.7. The van der Waals surface area contributed by atoms with Crippen LogP contribution in [0.4, 0.5) is 25.3 Å². The molecule has 0 bridgehead atoms. The van der Waals surface area contributed by atoms with E-state index in [1.54, 1.807) is 18.8 Å². The summed E-state index contributed by atoms with van der Waals surface area (Å²) in [5, 5.41) is 16.9. The number of amides is 2. The third kappa shape index (κ3) is 8.67. The summed E-state index contributed by atoms with van der Waals surface area (Å²) >= 11 is 3.02. The molecule has 3 aromatic rings. The summed E-state index contributed by atoms with van der Waals surface area (Å²) < 4.78 is 26.6. The highest BCUT2D eigenvalue weighted by molar-refractivity contribution is 8.14. The van der Waals surface area contributed by atoms with Crippen LogP contribution in [-0.2, 0) is 22.4 Å². The monoisotopic (exact) mass is 681 g/mol. The zero-order valence-electron chi connectivity index (χ0n) is 26.7. The normalized spacial score (nSPS) is 21.1. The van der Waals surface area contributed by atoms with Gasteiger partial charge < -0.3 is 20.4 Å². The molecule has 13 heteroatoms. The lowest BCUT2D eigenvalue weighted by molar-refractivity contribution is -0.119. The van der Waals surface area contributed by atoms with Crippen LogP contribution in [0.1, 0.15) is 54.7 Å². The van der Waals surface area contributed by atoms with Gasteiger partial charge in [-0.3, -0.25) is 14.6 Å². The minimum Gasteiger partial charge on any atom is -0.366 e. The lowest BCUT2D eigenvalue weighted by Crippen LogP contribution is -2.48.